The number of carbonyl (C=O) groups excluding carboxylic acids is 1. The van der Waals surface area contributed by atoms with Crippen molar-refractivity contribution in [3.63, 3.8) is 0 Å². The molecule has 200 valence electrons. The third-order valence-corrected chi connectivity index (χ3v) is 6.73. The van der Waals surface area contributed by atoms with Gasteiger partial charge in [-0.25, -0.2) is 4.79 Å². The predicted molar refractivity (Wildman–Crippen MR) is 153 cm³/mol. The first-order valence-corrected chi connectivity index (χ1v) is 13.1. The Morgan fingerprint density at radius 1 is 0.556 bits per heavy atom. The first kappa shape index (κ1) is 29.9. The second kappa shape index (κ2) is 9.23. The van der Waals surface area contributed by atoms with Crippen molar-refractivity contribution in [1.82, 2.24) is 0 Å². The first-order valence-electron chi connectivity index (χ1n) is 13.1. The van der Waals surface area contributed by atoms with Crippen LogP contribution in [0.2, 0.25) is 0 Å². The molecule has 0 aliphatic heterocycles. The number of rotatable bonds is 2. The Morgan fingerprint density at radius 3 is 1.17 bits per heavy atom. The van der Waals surface area contributed by atoms with Gasteiger partial charge < -0.3 is 9.84 Å². The summed E-state index contributed by atoms with van der Waals surface area (Å²) in [5, 5.41) is 11.1. The quantitative estimate of drug-likeness (QED) is 0.334. The SMILES string of the molecule is CC(C)(C)c1cc(C(C)(C)C)c(OC(=O)c2cc(C(C)(C)C)c(O)c(C(C)(C)C)c2)c(C(C)(C)C)c1. The molecule has 0 fully saturated rings. The molecule has 2 aromatic rings. The Kier molecular flexibility index (Phi) is 7.67. The summed E-state index contributed by atoms with van der Waals surface area (Å²) in [4.78, 5) is 13.8. The second-order valence-electron chi connectivity index (χ2n) is 15.5. The van der Waals surface area contributed by atoms with Gasteiger partial charge in [0.2, 0.25) is 0 Å². The Balaban J connectivity index is 2.83. The molecule has 0 aromatic heterocycles. The molecule has 0 heterocycles. The van der Waals surface area contributed by atoms with Gasteiger partial charge in [-0.1, -0.05) is 116 Å². The molecule has 2 rings (SSSR count). The average molecular weight is 495 g/mol. The Morgan fingerprint density at radius 2 is 0.889 bits per heavy atom. The van der Waals surface area contributed by atoms with E-state index in [4.69, 9.17) is 4.74 Å². The van der Waals surface area contributed by atoms with Crippen LogP contribution in [0, 0.1) is 0 Å². The topological polar surface area (TPSA) is 46.5 Å². The molecular weight excluding hydrogens is 444 g/mol. The van der Waals surface area contributed by atoms with Crippen LogP contribution in [-0.2, 0) is 27.1 Å². The lowest BCUT2D eigenvalue weighted by molar-refractivity contribution is 0.0728. The minimum absolute atomic E-state index is 0.0390. The molecule has 0 atom stereocenters. The molecule has 1 N–H and O–H groups in total. The van der Waals surface area contributed by atoms with Gasteiger partial charge in [0.05, 0.1) is 5.56 Å². The lowest BCUT2D eigenvalue weighted by atomic mass is 9.74. The van der Waals surface area contributed by atoms with Gasteiger partial charge in [-0.3, -0.25) is 0 Å². The second-order valence-corrected chi connectivity index (χ2v) is 15.5. The monoisotopic (exact) mass is 494 g/mol. The molecule has 0 spiro atoms. The molecule has 0 saturated heterocycles. The van der Waals surface area contributed by atoms with Crippen molar-refractivity contribution >= 4 is 5.97 Å². The van der Waals surface area contributed by atoms with Gasteiger partial charge in [0.1, 0.15) is 11.5 Å². The fourth-order valence-electron chi connectivity index (χ4n) is 4.33. The maximum Gasteiger partial charge on any atom is 0.343 e. The molecule has 0 saturated carbocycles. The fourth-order valence-corrected chi connectivity index (χ4v) is 4.33. The molecule has 0 bridgehead atoms. The number of ether oxygens (including phenoxy) is 1. The van der Waals surface area contributed by atoms with Gasteiger partial charge in [0.15, 0.2) is 0 Å². The van der Waals surface area contributed by atoms with Crippen LogP contribution in [0.3, 0.4) is 0 Å². The maximum atomic E-state index is 13.8. The lowest BCUT2D eigenvalue weighted by Gasteiger charge is -2.33. The number of phenols is 1. The van der Waals surface area contributed by atoms with Crippen molar-refractivity contribution < 1.29 is 14.6 Å². The Labute approximate surface area is 220 Å². The van der Waals surface area contributed by atoms with Crippen LogP contribution in [0.1, 0.15) is 142 Å². The van der Waals surface area contributed by atoms with Crippen molar-refractivity contribution in [2.75, 3.05) is 0 Å². The standard InChI is InChI=1S/C33H50O3/c1-29(2,3)21-18-24(32(10,11)12)27(25(19-21)33(13,14)15)36-28(35)20-16-22(30(4,5)6)26(34)23(17-20)31(7,8)9/h16-19,34H,1-15H3. The summed E-state index contributed by atoms with van der Waals surface area (Å²) in [7, 11) is 0. The molecule has 0 amide bonds. The van der Waals surface area contributed by atoms with Gasteiger partial charge in [-0.15, -0.1) is 0 Å². The van der Waals surface area contributed by atoms with Crippen molar-refractivity contribution in [2.24, 2.45) is 0 Å². The molecular formula is C33H50O3. The highest BCUT2D eigenvalue weighted by Crippen LogP contribution is 2.44. The average Bonchev–Trinajstić information content (AvgIpc) is 2.63. The van der Waals surface area contributed by atoms with Gasteiger partial charge in [-0.05, 0) is 44.8 Å². The van der Waals surface area contributed by atoms with Crippen LogP contribution in [0.15, 0.2) is 24.3 Å². The van der Waals surface area contributed by atoms with Crippen molar-refractivity contribution in [3.8, 4) is 11.5 Å². The van der Waals surface area contributed by atoms with Gasteiger partial charge in [0, 0.05) is 22.3 Å². The highest BCUT2D eigenvalue weighted by atomic mass is 16.5. The summed E-state index contributed by atoms with van der Waals surface area (Å²) in [6.07, 6.45) is 0. The largest absolute Gasteiger partial charge is 0.507 e. The van der Waals surface area contributed by atoms with Crippen LogP contribution >= 0.6 is 0 Å². The fraction of sp³-hybridized carbons (Fsp3) is 0.606. The smallest absolute Gasteiger partial charge is 0.343 e. The minimum Gasteiger partial charge on any atom is -0.507 e. The number of carbonyl (C=O) groups is 1. The van der Waals surface area contributed by atoms with Gasteiger partial charge in [-0.2, -0.15) is 0 Å². The number of hydrogen-bond donors (Lipinski definition) is 1. The number of benzene rings is 2. The zero-order chi connectivity index (χ0) is 28.2. The van der Waals surface area contributed by atoms with E-state index in [2.05, 4.69) is 74.4 Å². The van der Waals surface area contributed by atoms with E-state index in [1.807, 2.05) is 41.5 Å². The third-order valence-electron chi connectivity index (χ3n) is 6.73. The number of esters is 1. The van der Waals surface area contributed by atoms with Crippen LogP contribution in [0.4, 0.5) is 0 Å². The molecule has 3 heteroatoms. The zero-order valence-electron chi connectivity index (χ0n) is 25.6. The van der Waals surface area contributed by atoms with E-state index in [0.717, 1.165) is 22.3 Å². The third kappa shape index (κ3) is 6.52. The molecule has 3 nitrogen and oxygen atoms in total. The highest BCUT2D eigenvalue weighted by molar-refractivity contribution is 5.92. The normalized spacial score (nSPS) is 13.6. The predicted octanol–water partition coefficient (Wildman–Crippen LogP) is 9.10. The highest BCUT2D eigenvalue weighted by Gasteiger charge is 2.33. The van der Waals surface area contributed by atoms with Crippen LogP contribution in [-0.4, -0.2) is 11.1 Å². The molecule has 0 unspecified atom stereocenters. The zero-order valence-corrected chi connectivity index (χ0v) is 25.6. The molecule has 2 aromatic carbocycles. The van der Waals surface area contributed by atoms with E-state index < -0.39 is 5.97 Å². The van der Waals surface area contributed by atoms with E-state index in [0.29, 0.717) is 11.3 Å². The summed E-state index contributed by atoms with van der Waals surface area (Å²) < 4.78 is 6.34. The van der Waals surface area contributed by atoms with Crippen molar-refractivity contribution in [3.05, 3.63) is 57.6 Å². The summed E-state index contributed by atoms with van der Waals surface area (Å²) >= 11 is 0. The van der Waals surface area contributed by atoms with Crippen LogP contribution < -0.4 is 4.74 Å². The lowest BCUT2D eigenvalue weighted by Crippen LogP contribution is -2.25. The number of aromatic hydroxyl groups is 1. The van der Waals surface area contributed by atoms with Crippen LogP contribution in [0.25, 0.3) is 0 Å². The van der Waals surface area contributed by atoms with E-state index in [1.54, 1.807) is 12.1 Å². The summed E-state index contributed by atoms with van der Waals surface area (Å²) in [6.45, 7) is 31.9. The van der Waals surface area contributed by atoms with Gasteiger partial charge in [0.25, 0.3) is 0 Å². The first-order chi connectivity index (χ1) is 15.8. The maximum absolute atomic E-state index is 13.8. The summed E-state index contributed by atoms with van der Waals surface area (Å²) in [6, 6.07) is 8.00. The van der Waals surface area contributed by atoms with E-state index >= 15 is 0 Å². The van der Waals surface area contributed by atoms with Crippen LogP contribution in [0.5, 0.6) is 11.5 Å². The van der Waals surface area contributed by atoms with E-state index in [-0.39, 0.29) is 32.8 Å². The van der Waals surface area contributed by atoms with E-state index in [9.17, 15) is 9.90 Å². The number of hydrogen-bond acceptors (Lipinski definition) is 3. The number of phenolic OH excluding ortho intramolecular Hbond substituents is 1. The summed E-state index contributed by atoms with van der Waals surface area (Å²) in [5.74, 6) is 0.507. The molecule has 0 aliphatic rings. The Hall–Kier alpha value is -2.29. The molecule has 0 radical (unpaired) electrons. The van der Waals surface area contributed by atoms with Gasteiger partial charge >= 0.3 is 5.97 Å². The Bertz CT molecular complexity index is 1060. The van der Waals surface area contributed by atoms with E-state index in [1.165, 1.54) is 5.56 Å². The molecule has 36 heavy (non-hydrogen) atoms. The van der Waals surface area contributed by atoms with Crippen molar-refractivity contribution in [2.45, 2.75) is 131 Å². The minimum atomic E-state index is -0.398. The molecule has 0 aliphatic carbocycles. The summed E-state index contributed by atoms with van der Waals surface area (Å²) in [5.41, 5.74) is 4.09. The van der Waals surface area contributed by atoms with Crippen molar-refractivity contribution in [1.29, 1.82) is 0 Å².